The first-order chi connectivity index (χ1) is 16.2. The van der Waals surface area contributed by atoms with Crippen molar-refractivity contribution in [2.75, 3.05) is 0 Å². The molecule has 1 N–H and O–H groups in total. The number of ether oxygens (including phenoxy) is 1. The van der Waals surface area contributed by atoms with Gasteiger partial charge in [0.05, 0.1) is 29.8 Å². The molecule has 3 aromatic rings. The molecule has 1 fully saturated rings. The Kier molecular flexibility index (Phi) is 7.17. The molecule has 0 saturated heterocycles. The summed E-state index contributed by atoms with van der Waals surface area (Å²) in [6, 6.07) is 15.3. The molecular weight excluding hydrogens is 426 g/mol. The van der Waals surface area contributed by atoms with E-state index in [0.29, 0.717) is 23.8 Å². The largest absolute Gasteiger partial charge is 0.490 e. The van der Waals surface area contributed by atoms with Gasteiger partial charge in [0.15, 0.2) is 5.78 Å². The lowest BCUT2D eigenvalue weighted by molar-refractivity contribution is 0.0778. The van der Waals surface area contributed by atoms with Gasteiger partial charge in [0, 0.05) is 12.0 Å². The van der Waals surface area contributed by atoms with Gasteiger partial charge in [0.2, 0.25) is 0 Å². The average molecular weight is 462 g/mol. The van der Waals surface area contributed by atoms with Gasteiger partial charge in [0.1, 0.15) is 5.75 Å². The van der Waals surface area contributed by atoms with Crippen molar-refractivity contribution in [2.45, 2.75) is 65.1 Å². The molecule has 0 aliphatic heterocycles. The summed E-state index contributed by atoms with van der Waals surface area (Å²) in [5, 5.41) is 18.8. The van der Waals surface area contributed by atoms with Crippen LogP contribution in [0.2, 0.25) is 0 Å². The molecule has 180 valence electrons. The van der Waals surface area contributed by atoms with Gasteiger partial charge in [-0.1, -0.05) is 38.1 Å². The number of ketones is 1. The Balaban J connectivity index is 1.46. The summed E-state index contributed by atoms with van der Waals surface area (Å²) in [6.07, 6.45) is 6.70. The van der Waals surface area contributed by atoms with Crippen molar-refractivity contribution in [2.24, 2.45) is 17.8 Å². The van der Waals surface area contributed by atoms with Crippen molar-refractivity contribution in [3.63, 3.8) is 0 Å². The zero-order valence-corrected chi connectivity index (χ0v) is 20.5. The topological polar surface area (TPSA) is 77.2 Å². The monoisotopic (exact) mass is 461 g/mol. The number of para-hydroxylation sites is 1. The molecule has 1 aliphatic carbocycles. The second-order valence-corrected chi connectivity index (χ2v) is 10.2. The Labute approximate surface area is 202 Å². The van der Waals surface area contributed by atoms with Crippen molar-refractivity contribution in [1.29, 1.82) is 0 Å². The van der Waals surface area contributed by atoms with Crippen LogP contribution in [-0.4, -0.2) is 32.0 Å². The zero-order chi connectivity index (χ0) is 24.3. The molecular formula is C28H35N3O3. The van der Waals surface area contributed by atoms with Crippen LogP contribution in [0.3, 0.4) is 0 Å². The predicted octanol–water partition coefficient (Wildman–Crippen LogP) is 5.59. The van der Waals surface area contributed by atoms with Gasteiger partial charge in [-0.3, -0.25) is 4.79 Å². The molecule has 1 saturated carbocycles. The molecule has 0 radical (unpaired) electrons. The number of carbonyl (C=O) groups excluding carboxylic acids is 1. The third-order valence-corrected chi connectivity index (χ3v) is 7.14. The summed E-state index contributed by atoms with van der Waals surface area (Å²) in [6.45, 7) is 8.06. The zero-order valence-electron chi connectivity index (χ0n) is 20.5. The summed E-state index contributed by atoms with van der Waals surface area (Å²) < 4.78 is 6.38. The number of nitrogens with zero attached hydrogens (tertiary/aromatic N) is 3. The quantitative estimate of drug-likeness (QED) is 0.367. The third kappa shape index (κ3) is 5.55. The predicted molar refractivity (Wildman–Crippen MR) is 132 cm³/mol. The second kappa shape index (κ2) is 10.1. The Morgan fingerprint density at radius 3 is 2.53 bits per heavy atom. The summed E-state index contributed by atoms with van der Waals surface area (Å²) in [5.74, 6) is 1.97. The van der Waals surface area contributed by atoms with Crippen LogP contribution in [0.1, 0.15) is 69.3 Å². The number of benzene rings is 2. The molecule has 1 aliphatic rings. The van der Waals surface area contributed by atoms with E-state index in [1.165, 1.54) is 4.80 Å². The van der Waals surface area contributed by atoms with E-state index in [-0.39, 0.29) is 17.8 Å². The van der Waals surface area contributed by atoms with Gasteiger partial charge in [0.25, 0.3) is 0 Å². The van der Waals surface area contributed by atoms with E-state index < -0.39 is 5.60 Å². The average Bonchev–Trinajstić information content (AvgIpc) is 3.31. The lowest BCUT2D eigenvalue weighted by atomic mass is 9.78. The minimum atomic E-state index is -0.905. The highest BCUT2D eigenvalue weighted by Gasteiger charge is 2.33. The first-order valence-electron chi connectivity index (χ1n) is 12.2. The van der Waals surface area contributed by atoms with Crippen molar-refractivity contribution in [1.82, 2.24) is 15.0 Å². The number of hydrogen-bond acceptors (Lipinski definition) is 5. The van der Waals surface area contributed by atoms with E-state index in [2.05, 4.69) is 24.0 Å². The first kappa shape index (κ1) is 24.1. The molecule has 4 atom stereocenters. The minimum absolute atomic E-state index is 0.0927. The lowest BCUT2D eigenvalue weighted by Gasteiger charge is -2.27. The standard InChI is InChI=1S/C28H35N3O3/c1-19-12-13-23(34-22-9-7-8-21(17-22)28(3,4)33)16-20(2)25(19)18-27(32)24-10-5-6-11-26(24)31-29-14-15-30-31/h5-11,14-15,17,19-20,23,25,33H,12-13,16,18H2,1-4H3. The summed E-state index contributed by atoms with van der Waals surface area (Å²) in [5.41, 5.74) is 1.32. The minimum Gasteiger partial charge on any atom is -0.490 e. The van der Waals surface area contributed by atoms with Gasteiger partial charge >= 0.3 is 0 Å². The lowest BCUT2D eigenvalue weighted by Crippen LogP contribution is -2.24. The van der Waals surface area contributed by atoms with Crippen molar-refractivity contribution >= 4 is 5.78 Å². The molecule has 0 amide bonds. The van der Waals surface area contributed by atoms with E-state index in [9.17, 15) is 9.90 Å². The van der Waals surface area contributed by atoms with Crippen LogP contribution in [0.25, 0.3) is 5.69 Å². The Morgan fingerprint density at radius 1 is 1.06 bits per heavy atom. The molecule has 4 unspecified atom stereocenters. The first-order valence-corrected chi connectivity index (χ1v) is 12.2. The van der Waals surface area contributed by atoms with E-state index in [0.717, 1.165) is 36.3 Å². The molecule has 2 aromatic carbocycles. The second-order valence-electron chi connectivity index (χ2n) is 10.2. The maximum Gasteiger partial charge on any atom is 0.165 e. The molecule has 6 nitrogen and oxygen atoms in total. The van der Waals surface area contributed by atoms with Crippen molar-refractivity contribution in [3.8, 4) is 11.4 Å². The third-order valence-electron chi connectivity index (χ3n) is 7.14. The summed E-state index contributed by atoms with van der Waals surface area (Å²) in [4.78, 5) is 14.9. The van der Waals surface area contributed by atoms with Crippen molar-refractivity contribution in [3.05, 3.63) is 72.1 Å². The highest BCUT2D eigenvalue weighted by molar-refractivity contribution is 5.99. The molecule has 34 heavy (non-hydrogen) atoms. The van der Waals surface area contributed by atoms with Gasteiger partial charge < -0.3 is 9.84 Å². The summed E-state index contributed by atoms with van der Waals surface area (Å²) >= 11 is 0. The van der Waals surface area contributed by atoms with Crippen LogP contribution < -0.4 is 4.74 Å². The van der Waals surface area contributed by atoms with E-state index in [1.807, 2.05) is 48.5 Å². The smallest absolute Gasteiger partial charge is 0.165 e. The van der Waals surface area contributed by atoms with E-state index in [1.54, 1.807) is 26.2 Å². The van der Waals surface area contributed by atoms with Crippen LogP contribution in [0.4, 0.5) is 0 Å². The summed E-state index contributed by atoms with van der Waals surface area (Å²) in [7, 11) is 0. The van der Waals surface area contributed by atoms with Gasteiger partial charge in [-0.2, -0.15) is 15.0 Å². The molecule has 0 spiro atoms. The fourth-order valence-electron chi connectivity index (χ4n) is 5.13. The maximum absolute atomic E-state index is 13.4. The van der Waals surface area contributed by atoms with Crippen molar-refractivity contribution < 1.29 is 14.6 Å². The van der Waals surface area contributed by atoms with Gasteiger partial charge in [-0.15, -0.1) is 0 Å². The highest BCUT2D eigenvalue weighted by Crippen LogP contribution is 2.38. The molecule has 0 bridgehead atoms. The van der Waals surface area contributed by atoms with Gasteiger partial charge in [-0.05, 0) is 80.7 Å². The Morgan fingerprint density at radius 2 is 1.79 bits per heavy atom. The van der Waals surface area contributed by atoms with Crippen LogP contribution >= 0.6 is 0 Å². The van der Waals surface area contributed by atoms with Crippen LogP contribution in [-0.2, 0) is 5.60 Å². The highest BCUT2D eigenvalue weighted by atomic mass is 16.5. The van der Waals surface area contributed by atoms with E-state index >= 15 is 0 Å². The fourth-order valence-corrected chi connectivity index (χ4v) is 5.13. The number of aromatic nitrogens is 3. The molecule has 1 aromatic heterocycles. The van der Waals surface area contributed by atoms with E-state index in [4.69, 9.17) is 4.74 Å². The number of carbonyl (C=O) groups is 1. The maximum atomic E-state index is 13.4. The molecule has 4 rings (SSSR count). The SMILES string of the molecule is CC1CCC(Oc2cccc(C(C)(C)O)c2)CC(C)C1CC(=O)c1ccccc1-n1nccn1. The Hall–Kier alpha value is -2.99. The fraction of sp³-hybridized carbons (Fsp3) is 0.464. The number of aliphatic hydroxyl groups is 1. The van der Waals surface area contributed by atoms with Crippen LogP contribution in [0, 0.1) is 17.8 Å². The number of rotatable bonds is 7. The van der Waals surface area contributed by atoms with Gasteiger partial charge in [-0.25, -0.2) is 0 Å². The molecule has 1 heterocycles. The normalized spacial score (nSPS) is 23.3. The van der Waals surface area contributed by atoms with Crippen LogP contribution in [0.15, 0.2) is 60.9 Å². The Bertz CT molecular complexity index is 1100. The van der Waals surface area contributed by atoms with Crippen LogP contribution in [0.5, 0.6) is 5.75 Å². The number of Topliss-reactive ketones (excluding diaryl/α,β-unsaturated/α-hetero) is 1. The number of hydrogen-bond donors (Lipinski definition) is 1. The molecule has 6 heteroatoms.